The van der Waals surface area contributed by atoms with Gasteiger partial charge in [0.1, 0.15) is 12.1 Å². The molecule has 0 spiro atoms. The second kappa shape index (κ2) is 6.24. The number of hydrogen-bond donors (Lipinski definition) is 0. The van der Waals surface area contributed by atoms with Crippen molar-refractivity contribution in [2.45, 2.75) is 13.8 Å². The Morgan fingerprint density at radius 1 is 0.900 bits per heavy atom. The van der Waals surface area contributed by atoms with Crippen LogP contribution in [0.5, 0.6) is 0 Å². The largest absolute Gasteiger partial charge is 0.192 e. The normalized spacial score (nSPS) is 11.7. The minimum atomic E-state index is 0.431. The average Bonchev–Trinajstić information content (AvgIpc) is 2.88. The summed E-state index contributed by atoms with van der Waals surface area (Å²) < 4.78 is 1.91. The van der Waals surface area contributed by atoms with E-state index in [2.05, 4.69) is 44.0 Å². The number of allylic oxidation sites excluding steroid dienone is 2. The van der Waals surface area contributed by atoms with Crippen LogP contribution in [0.4, 0.5) is 0 Å². The van der Waals surface area contributed by atoms with Gasteiger partial charge in [-0.15, -0.1) is 22.7 Å². The number of nitriles is 2. The van der Waals surface area contributed by atoms with Gasteiger partial charge >= 0.3 is 0 Å². The first-order chi connectivity index (χ1) is 9.47. The predicted molar refractivity (Wildman–Crippen MR) is 91.6 cm³/mol. The van der Waals surface area contributed by atoms with Crippen molar-refractivity contribution in [2.75, 3.05) is 0 Å². The van der Waals surface area contributed by atoms with Crippen molar-refractivity contribution in [1.29, 1.82) is 10.5 Å². The van der Waals surface area contributed by atoms with Crippen LogP contribution in [-0.4, -0.2) is 0 Å². The molecule has 0 saturated heterocycles. The van der Waals surface area contributed by atoms with Gasteiger partial charge in [-0.25, -0.2) is 0 Å². The quantitative estimate of drug-likeness (QED) is 0.559. The van der Waals surface area contributed by atoms with Gasteiger partial charge in [0.05, 0.1) is 18.7 Å². The first-order valence-electron chi connectivity index (χ1n) is 5.55. The molecule has 0 bridgehead atoms. The predicted octanol–water partition coefficient (Wildman–Crippen LogP) is 5.91. The highest BCUT2D eigenvalue weighted by Gasteiger charge is 2.18. The van der Waals surface area contributed by atoms with Gasteiger partial charge in [0.2, 0.25) is 0 Å². The van der Waals surface area contributed by atoms with E-state index in [-0.39, 0.29) is 0 Å². The molecule has 100 valence electrons. The SMILES string of the molecule is Cc1sc(Br)cc1/C(C#N)=C(/C#N)c1cc(Br)sc1C. The molecule has 6 heteroatoms. The lowest BCUT2D eigenvalue weighted by atomic mass is 9.97. The van der Waals surface area contributed by atoms with Crippen molar-refractivity contribution >= 4 is 65.7 Å². The maximum Gasteiger partial charge on any atom is 0.101 e. The fraction of sp³-hybridized carbons (Fsp3) is 0.143. The van der Waals surface area contributed by atoms with E-state index in [1.165, 1.54) is 0 Å². The summed E-state index contributed by atoms with van der Waals surface area (Å²) in [5.41, 5.74) is 2.51. The molecule has 0 aliphatic heterocycles. The van der Waals surface area contributed by atoms with Gasteiger partial charge in [-0.1, -0.05) is 0 Å². The number of nitrogens with zero attached hydrogens (tertiary/aromatic N) is 2. The maximum atomic E-state index is 9.50. The first-order valence-corrected chi connectivity index (χ1v) is 8.77. The third-order valence-corrected chi connectivity index (χ3v) is 5.89. The average molecular weight is 428 g/mol. The standard InChI is InChI=1S/C14H8Br2N2S2/c1-7-9(3-13(15)19-7)11(5-17)12(6-18)10-4-14(16)20-8(10)2/h3-4H,1-2H3/b12-11-. The summed E-state index contributed by atoms with van der Waals surface area (Å²) in [5.74, 6) is 0. The zero-order valence-electron chi connectivity index (χ0n) is 10.6. The third-order valence-electron chi connectivity index (χ3n) is 2.79. The molecule has 0 saturated carbocycles. The highest BCUT2D eigenvalue weighted by atomic mass is 79.9. The fourth-order valence-corrected chi connectivity index (χ4v) is 5.28. The summed E-state index contributed by atoms with van der Waals surface area (Å²) in [4.78, 5) is 2.04. The van der Waals surface area contributed by atoms with E-state index in [1.54, 1.807) is 22.7 Å². The molecule has 0 amide bonds. The van der Waals surface area contributed by atoms with Crippen molar-refractivity contribution in [2.24, 2.45) is 0 Å². The van der Waals surface area contributed by atoms with E-state index in [0.29, 0.717) is 11.1 Å². The lowest BCUT2D eigenvalue weighted by Crippen LogP contribution is -1.89. The Hall–Kier alpha value is -0.920. The van der Waals surface area contributed by atoms with E-state index in [9.17, 15) is 10.5 Å². The zero-order chi connectivity index (χ0) is 14.9. The molecule has 20 heavy (non-hydrogen) atoms. The van der Waals surface area contributed by atoms with Crippen LogP contribution in [0, 0.1) is 36.5 Å². The third kappa shape index (κ3) is 2.89. The Kier molecular flexibility index (Phi) is 4.82. The summed E-state index contributed by atoms with van der Waals surface area (Å²) in [6, 6.07) is 8.17. The van der Waals surface area contributed by atoms with Crippen LogP contribution in [0.15, 0.2) is 19.7 Å². The molecular weight excluding hydrogens is 420 g/mol. The number of hydrogen-bond acceptors (Lipinski definition) is 4. The monoisotopic (exact) mass is 426 g/mol. The van der Waals surface area contributed by atoms with Crippen molar-refractivity contribution in [3.05, 3.63) is 40.6 Å². The van der Waals surface area contributed by atoms with Crippen LogP contribution < -0.4 is 0 Å². The Labute approximate surface area is 142 Å². The van der Waals surface area contributed by atoms with Crippen LogP contribution in [0.3, 0.4) is 0 Å². The first kappa shape index (κ1) is 15.5. The van der Waals surface area contributed by atoms with Gasteiger partial charge in [-0.2, -0.15) is 10.5 Å². The Morgan fingerprint density at radius 3 is 1.45 bits per heavy atom. The molecule has 0 radical (unpaired) electrons. The highest BCUT2D eigenvalue weighted by Crippen LogP contribution is 2.38. The minimum Gasteiger partial charge on any atom is -0.192 e. The summed E-state index contributed by atoms with van der Waals surface area (Å²) in [6.45, 7) is 3.90. The molecule has 2 heterocycles. The molecule has 2 aromatic rings. The van der Waals surface area contributed by atoms with Gasteiger partial charge in [-0.3, -0.25) is 0 Å². The fourth-order valence-electron chi connectivity index (χ4n) is 1.89. The van der Waals surface area contributed by atoms with Crippen LogP contribution in [0.2, 0.25) is 0 Å². The number of rotatable bonds is 2. The lowest BCUT2D eigenvalue weighted by Gasteiger charge is -2.03. The molecule has 0 aliphatic carbocycles. The molecule has 0 N–H and O–H groups in total. The van der Waals surface area contributed by atoms with Gasteiger partial charge in [0, 0.05) is 20.9 Å². The van der Waals surface area contributed by atoms with E-state index >= 15 is 0 Å². The van der Waals surface area contributed by atoms with Crippen LogP contribution in [0.25, 0.3) is 11.1 Å². The highest BCUT2D eigenvalue weighted by molar-refractivity contribution is 9.11. The van der Waals surface area contributed by atoms with Gasteiger partial charge in [0.15, 0.2) is 0 Å². The van der Waals surface area contributed by atoms with Crippen LogP contribution in [-0.2, 0) is 0 Å². The molecule has 0 atom stereocenters. The lowest BCUT2D eigenvalue weighted by molar-refractivity contribution is 1.48. The molecule has 0 aromatic carbocycles. The van der Waals surface area contributed by atoms with Crippen molar-refractivity contribution < 1.29 is 0 Å². The van der Waals surface area contributed by atoms with Gasteiger partial charge in [0.25, 0.3) is 0 Å². The Morgan fingerprint density at radius 2 is 1.25 bits per heavy atom. The second-order valence-electron chi connectivity index (χ2n) is 4.01. The maximum absolute atomic E-state index is 9.50. The Balaban J connectivity index is 2.74. The summed E-state index contributed by atoms with van der Waals surface area (Å²) in [5, 5.41) is 19.0. The number of thiophene rings is 2. The van der Waals surface area contributed by atoms with Gasteiger partial charge < -0.3 is 0 Å². The van der Waals surface area contributed by atoms with Crippen LogP contribution in [0.1, 0.15) is 20.9 Å². The number of halogens is 2. The number of aryl methyl sites for hydroxylation is 2. The van der Waals surface area contributed by atoms with Crippen molar-refractivity contribution in [3.63, 3.8) is 0 Å². The van der Waals surface area contributed by atoms with E-state index in [0.717, 1.165) is 28.5 Å². The molecule has 2 aromatic heterocycles. The molecular formula is C14H8Br2N2S2. The second-order valence-corrected chi connectivity index (χ2v) is 9.29. The van der Waals surface area contributed by atoms with Crippen molar-refractivity contribution in [1.82, 2.24) is 0 Å². The zero-order valence-corrected chi connectivity index (χ0v) is 15.4. The molecule has 2 nitrogen and oxygen atoms in total. The van der Waals surface area contributed by atoms with E-state index in [4.69, 9.17) is 0 Å². The molecule has 0 unspecified atom stereocenters. The summed E-state index contributed by atoms with van der Waals surface area (Å²) in [7, 11) is 0. The minimum absolute atomic E-state index is 0.431. The van der Waals surface area contributed by atoms with Crippen molar-refractivity contribution in [3.8, 4) is 12.1 Å². The molecule has 0 aliphatic rings. The Bertz CT molecular complexity index is 719. The summed E-state index contributed by atoms with van der Waals surface area (Å²) >= 11 is 9.97. The molecule has 2 rings (SSSR count). The van der Waals surface area contributed by atoms with Crippen LogP contribution >= 0.6 is 54.5 Å². The van der Waals surface area contributed by atoms with Gasteiger partial charge in [-0.05, 0) is 57.8 Å². The summed E-state index contributed by atoms with van der Waals surface area (Å²) in [6.07, 6.45) is 0. The van der Waals surface area contributed by atoms with E-state index in [1.807, 2.05) is 26.0 Å². The topological polar surface area (TPSA) is 47.6 Å². The smallest absolute Gasteiger partial charge is 0.101 e. The van der Waals surface area contributed by atoms with E-state index < -0.39 is 0 Å². The molecule has 0 fully saturated rings.